The molecule has 4 aliphatic rings. The van der Waals surface area contributed by atoms with Gasteiger partial charge in [0, 0.05) is 24.6 Å². The average molecular weight is 565 g/mol. The molecule has 0 aromatic heterocycles. The molecule has 0 spiro atoms. The van der Waals surface area contributed by atoms with Gasteiger partial charge in [0.25, 0.3) is 0 Å². The fourth-order valence-corrected chi connectivity index (χ4v) is 11.0. The zero-order chi connectivity index (χ0) is 29.4. The summed E-state index contributed by atoms with van der Waals surface area (Å²) in [6, 6.07) is 5.86. The molecule has 2 unspecified atom stereocenters. The quantitative estimate of drug-likeness (QED) is 0.208. The van der Waals surface area contributed by atoms with Crippen molar-refractivity contribution in [2.75, 3.05) is 24.7 Å². The molecule has 0 aliphatic heterocycles. The van der Waals surface area contributed by atoms with E-state index in [0.717, 1.165) is 72.9 Å². The summed E-state index contributed by atoms with van der Waals surface area (Å²) in [5, 5.41) is 0. The summed E-state index contributed by atoms with van der Waals surface area (Å²) in [5.41, 5.74) is 16.2. The molecule has 3 nitrogen and oxygen atoms in total. The minimum atomic E-state index is 0.306. The Morgan fingerprint density at radius 2 is 1.71 bits per heavy atom. The third-order valence-corrected chi connectivity index (χ3v) is 14.2. The van der Waals surface area contributed by atoms with Crippen LogP contribution in [0.5, 0.6) is 0 Å². The van der Waals surface area contributed by atoms with Crippen molar-refractivity contribution < 1.29 is 4.74 Å². The van der Waals surface area contributed by atoms with Crippen LogP contribution in [0.1, 0.15) is 131 Å². The monoisotopic (exact) mass is 565 g/mol. The van der Waals surface area contributed by atoms with Crippen LogP contribution in [0, 0.1) is 57.7 Å². The van der Waals surface area contributed by atoms with Gasteiger partial charge in [0.15, 0.2) is 0 Å². The summed E-state index contributed by atoms with van der Waals surface area (Å²) in [5.74, 6) is 6.40. The number of anilines is 2. The van der Waals surface area contributed by atoms with E-state index in [9.17, 15) is 0 Å². The maximum absolute atomic E-state index is 6.19. The second-order valence-electron chi connectivity index (χ2n) is 16.7. The molecule has 4 N–H and O–H groups in total. The van der Waals surface area contributed by atoms with E-state index in [1.807, 2.05) is 12.1 Å². The number of aryl methyl sites for hydroxylation is 1. The Morgan fingerprint density at radius 3 is 2.49 bits per heavy atom. The lowest BCUT2D eigenvalue weighted by Gasteiger charge is -2.61. The number of nitrogens with two attached hydrogens (primary N) is 2. The van der Waals surface area contributed by atoms with Gasteiger partial charge in [-0.15, -0.1) is 0 Å². The van der Waals surface area contributed by atoms with Gasteiger partial charge in [-0.1, -0.05) is 60.5 Å². The van der Waals surface area contributed by atoms with Gasteiger partial charge in [0.05, 0.1) is 0 Å². The van der Waals surface area contributed by atoms with Gasteiger partial charge in [0.2, 0.25) is 0 Å². The van der Waals surface area contributed by atoms with E-state index in [2.05, 4.69) is 47.6 Å². The highest BCUT2D eigenvalue weighted by Gasteiger charge is 2.60. The van der Waals surface area contributed by atoms with E-state index in [0.29, 0.717) is 22.2 Å². The summed E-state index contributed by atoms with van der Waals surface area (Å²) < 4.78 is 6.19. The number of nitrogen functional groups attached to an aromatic ring is 2. The average Bonchev–Trinajstić information content (AvgIpc) is 3.29. The summed E-state index contributed by atoms with van der Waals surface area (Å²) >= 11 is 0. The first-order valence-corrected chi connectivity index (χ1v) is 17.7. The second kappa shape index (κ2) is 12.4. The predicted molar refractivity (Wildman–Crippen MR) is 176 cm³/mol. The van der Waals surface area contributed by atoms with E-state index >= 15 is 0 Å². The SMILES string of the molecule is CC(COCCCc1ccc(N)cc1N)C(C)(C)CC[C@@H](C)[C@H]1CC[C@H]2[C@@H]3CCC4CCCC[C@]4(C)[C@H]3CC[C@]12C. The van der Waals surface area contributed by atoms with Crippen molar-refractivity contribution in [1.29, 1.82) is 0 Å². The molecule has 1 aromatic rings. The van der Waals surface area contributed by atoms with Gasteiger partial charge >= 0.3 is 0 Å². The molecular weight excluding hydrogens is 500 g/mol. The number of hydrogen-bond acceptors (Lipinski definition) is 3. The molecule has 41 heavy (non-hydrogen) atoms. The number of fused-ring (bicyclic) bond motifs is 5. The maximum Gasteiger partial charge on any atom is 0.0496 e. The first-order chi connectivity index (χ1) is 19.5. The summed E-state index contributed by atoms with van der Waals surface area (Å²) in [4.78, 5) is 0. The van der Waals surface area contributed by atoms with Crippen LogP contribution in [0.15, 0.2) is 18.2 Å². The van der Waals surface area contributed by atoms with E-state index in [4.69, 9.17) is 16.2 Å². The van der Waals surface area contributed by atoms with Crippen molar-refractivity contribution in [3.8, 4) is 0 Å². The zero-order valence-electron chi connectivity index (χ0n) is 27.7. The van der Waals surface area contributed by atoms with Crippen LogP contribution in [0.3, 0.4) is 0 Å². The van der Waals surface area contributed by atoms with Crippen LogP contribution >= 0.6 is 0 Å². The Hall–Kier alpha value is -1.22. The van der Waals surface area contributed by atoms with Crippen LogP contribution in [-0.2, 0) is 11.2 Å². The van der Waals surface area contributed by atoms with Crippen LogP contribution in [0.2, 0.25) is 0 Å². The van der Waals surface area contributed by atoms with Crippen molar-refractivity contribution >= 4 is 11.4 Å². The van der Waals surface area contributed by atoms with E-state index < -0.39 is 0 Å². The van der Waals surface area contributed by atoms with Crippen molar-refractivity contribution in [1.82, 2.24) is 0 Å². The molecular formula is C38H64N2O. The molecule has 4 aliphatic carbocycles. The largest absolute Gasteiger partial charge is 0.399 e. The molecule has 0 radical (unpaired) electrons. The van der Waals surface area contributed by atoms with Gasteiger partial charge < -0.3 is 16.2 Å². The number of ether oxygens (including phenoxy) is 1. The fourth-order valence-electron chi connectivity index (χ4n) is 11.0. The minimum absolute atomic E-state index is 0.306. The van der Waals surface area contributed by atoms with Crippen LogP contribution in [0.4, 0.5) is 11.4 Å². The third-order valence-electron chi connectivity index (χ3n) is 14.2. The molecule has 5 rings (SSSR count). The smallest absolute Gasteiger partial charge is 0.0496 e. The fraction of sp³-hybridized carbons (Fsp3) is 0.842. The third kappa shape index (κ3) is 6.23. The van der Waals surface area contributed by atoms with E-state index in [1.165, 1.54) is 76.2 Å². The standard InChI is InChI=1S/C38H64N2O/c1-26(18-21-36(3,4)27(2)25-41-23-9-10-28-12-14-30(39)24-35(28)40)32-16-17-33-31-15-13-29-11-7-8-20-37(29,5)34(31)19-22-38(32,33)6/h12,14,24,26-27,29,31-34H,7-11,13,15-23,25,39-40H2,1-6H3/t26-,27?,29?,31+,32-,33+,34+,37+,38-/m1/s1. The molecule has 1 aromatic carbocycles. The molecule has 232 valence electrons. The number of hydrogen-bond donors (Lipinski definition) is 2. The minimum Gasteiger partial charge on any atom is -0.399 e. The second-order valence-corrected chi connectivity index (χ2v) is 16.7. The Morgan fingerprint density at radius 1 is 0.927 bits per heavy atom. The molecule has 0 heterocycles. The van der Waals surface area contributed by atoms with Crippen molar-refractivity contribution in [2.24, 2.45) is 57.7 Å². The predicted octanol–water partition coefficient (Wildman–Crippen LogP) is 9.93. The molecule has 4 fully saturated rings. The van der Waals surface area contributed by atoms with Gasteiger partial charge in [-0.2, -0.15) is 0 Å². The molecule has 0 amide bonds. The lowest BCUT2D eigenvalue weighted by atomic mass is 9.44. The summed E-state index contributed by atoms with van der Waals surface area (Å²) in [6.45, 7) is 17.1. The van der Waals surface area contributed by atoms with Crippen molar-refractivity contribution in [3.63, 3.8) is 0 Å². The number of rotatable bonds is 11. The maximum atomic E-state index is 6.19. The lowest BCUT2D eigenvalue weighted by Crippen LogP contribution is -2.53. The molecule has 3 heteroatoms. The van der Waals surface area contributed by atoms with Crippen LogP contribution in [-0.4, -0.2) is 13.2 Å². The summed E-state index contributed by atoms with van der Waals surface area (Å²) in [6.07, 6.45) is 19.8. The van der Waals surface area contributed by atoms with E-state index in [-0.39, 0.29) is 0 Å². The molecule has 0 saturated heterocycles. The zero-order valence-corrected chi connectivity index (χ0v) is 27.7. The lowest BCUT2D eigenvalue weighted by molar-refractivity contribution is -0.114. The highest BCUT2D eigenvalue weighted by molar-refractivity contribution is 5.56. The van der Waals surface area contributed by atoms with E-state index in [1.54, 1.807) is 6.42 Å². The Labute approximate surface area is 253 Å². The van der Waals surface area contributed by atoms with Gasteiger partial charge in [0.1, 0.15) is 0 Å². The highest BCUT2D eigenvalue weighted by atomic mass is 16.5. The molecule has 9 atom stereocenters. The Balaban J connectivity index is 1.08. The van der Waals surface area contributed by atoms with Crippen LogP contribution in [0.25, 0.3) is 0 Å². The molecule has 0 bridgehead atoms. The van der Waals surface area contributed by atoms with Gasteiger partial charge in [-0.25, -0.2) is 0 Å². The highest BCUT2D eigenvalue weighted by Crippen LogP contribution is 2.68. The number of benzene rings is 1. The van der Waals surface area contributed by atoms with Crippen LogP contribution < -0.4 is 11.5 Å². The van der Waals surface area contributed by atoms with Crippen molar-refractivity contribution in [3.05, 3.63) is 23.8 Å². The first-order valence-electron chi connectivity index (χ1n) is 17.7. The first kappa shape index (κ1) is 31.2. The summed E-state index contributed by atoms with van der Waals surface area (Å²) in [7, 11) is 0. The van der Waals surface area contributed by atoms with Gasteiger partial charge in [-0.05, 0) is 152 Å². The topological polar surface area (TPSA) is 61.3 Å². The molecule has 4 saturated carbocycles. The van der Waals surface area contributed by atoms with Gasteiger partial charge in [-0.3, -0.25) is 0 Å². The Bertz CT molecular complexity index is 1020. The normalized spacial score (nSPS) is 36.7. The Kier molecular flexibility index (Phi) is 9.45. The van der Waals surface area contributed by atoms with Crippen molar-refractivity contribution in [2.45, 2.75) is 131 Å².